The molecule has 0 heterocycles. The fourth-order valence-electron chi connectivity index (χ4n) is 2.55. The molecule has 1 atom stereocenters. The van der Waals surface area contributed by atoms with Crippen LogP contribution in [0.5, 0.6) is 11.5 Å². The summed E-state index contributed by atoms with van der Waals surface area (Å²) in [7, 11) is 3.30. The number of benzene rings is 2. The van der Waals surface area contributed by atoms with E-state index in [4.69, 9.17) is 15.2 Å². The molecule has 3 nitrogen and oxygen atoms in total. The lowest BCUT2D eigenvalue weighted by molar-refractivity contribution is 0.392. The van der Waals surface area contributed by atoms with Gasteiger partial charge in [0.15, 0.2) is 0 Å². The van der Waals surface area contributed by atoms with Crippen LogP contribution >= 0.6 is 0 Å². The fourth-order valence-corrected chi connectivity index (χ4v) is 2.55. The molecule has 0 aliphatic heterocycles. The van der Waals surface area contributed by atoms with E-state index in [1.165, 1.54) is 16.7 Å². The maximum atomic E-state index is 6.40. The highest BCUT2D eigenvalue weighted by Crippen LogP contribution is 2.28. The predicted molar refractivity (Wildman–Crippen MR) is 86.1 cm³/mol. The maximum Gasteiger partial charge on any atom is 0.122 e. The molecule has 0 aromatic heterocycles. The van der Waals surface area contributed by atoms with Crippen molar-refractivity contribution in [2.45, 2.75) is 26.3 Å². The summed E-state index contributed by atoms with van der Waals surface area (Å²) in [4.78, 5) is 0. The Hall–Kier alpha value is -2.00. The van der Waals surface area contributed by atoms with E-state index in [1.54, 1.807) is 14.2 Å². The monoisotopic (exact) mass is 285 g/mol. The van der Waals surface area contributed by atoms with Crippen LogP contribution in [0.3, 0.4) is 0 Å². The van der Waals surface area contributed by atoms with Crippen molar-refractivity contribution in [1.82, 2.24) is 0 Å². The van der Waals surface area contributed by atoms with Crippen molar-refractivity contribution < 1.29 is 9.47 Å². The minimum Gasteiger partial charge on any atom is -0.497 e. The van der Waals surface area contributed by atoms with Crippen LogP contribution in [0.15, 0.2) is 36.4 Å². The molecular formula is C18H23NO2. The molecule has 0 saturated carbocycles. The minimum atomic E-state index is -0.0891. The first kappa shape index (κ1) is 15.4. The molecule has 0 amide bonds. The molecule has 0 spiro atoms. The number of aryl methyl sites for hydroxylation is 2. The summed E-state index contributed by atoms with van der Waals surface area (Å²) in [6.07, 6.45) is 0.800. The lowest BCUT2D eigenvalue weighted by atomic mass is 9.93. The van der Waals surface area contributed by atoms with E-state index in [0.717, 1.165) is 23.5 Å². The van der Waals surface area contributed by atoms with E-state index in [0.29, 0.717) is 0 Å². The Labute approximate surface area is 126 Å². The Morgan fingerprint density at radius 1 is 0.952 bits per heavy atom. The van der Waals surface area contributed by atoms with Gasteiger partial charge in [-0.3, -0.25) is 0 Å². The molecule has 112 valence electrons. The number of hydrogen-bond acceptors (Lipinski definition) is 3. The lowest BCUT2D eigenvalue weighted by Crippen LogP contribution is -2.15. The zero-order valence-corrected chi connectivity index (χ0v) is 13.1. The normalized spacial score (nSPS) is 12.0. The smallest absolute Gasteiger partial charge is 0.122 e. The molecule has 2 aromatic carbocycles. The first-order valence-electron chi connectivity index (χ1n) is 7.08. The molecule has 0 radical (unpaired) electrons. The average Bonchev–Trinajstić information content (AvgIpc) is 2.50. The molecule has 0 aliphatic rings. The van der Waals surface area contributed by atoms with Crippen LogP contribution in [-0.4, -0.2) is 14.2 Å². The summed E-state index contributed by atoms with van der Waals surface area (Å²) in [6.45, 7) is 4.25. The van der Waals surface area contributed by atoms with Crippen LogP contribution in [0, 0.1) is 13.8 Å². The SMILES string of the molecule is COc1cc(OC)cc(C(N)Cc2c(C)cccc2C)c1. The second-order valence-electron chi connectivity index (χ2n) is 5.33. The fraction of sp³-hybridized carbons (Fsp3) is 0.333. The Balaban J connectivity index is 2.30. The van der Waals surface area contributed by atoms with E-state index in [2.05, 4.69) is 32.0 Å². The number of methoxy groups -OCH3 is 2. The summed E-state index contributed by atoms with van der Waals surface area (Å²) in [5.41, 5.74) is 11.3. The summed E-state index contributed by atoms with van der Waals surface area (Å²) in [6, 6.07) is 12.0. The van der Waals surface area contributed by atoms with Crippen molar-refractivity contribution in [2.24, 2.45) is 5.73 Å². The van der Waals surface area contributed by atoms with Gasteiger partial charge in [-0.15, -0.1) is 0 Å². The Morgan fingerprint density at radius 3 is 1.95 bits per heavy atom. The average molecular weight is 285 g/mol. The molecule has 0 fully saturated rings. The van der Waals surface area contributed by atoms with Crippen molar-refractivity contribution in [1.29, 1.82) is 0 Å². The minimum absolute atomic E-state index is 0.0891. The maximum absolute atomic E-state index is 6.40. The zero-order valence-electron chi connectivity index (χ0n) is 13.1. The zero-order chi connectivity index (χ0) is 15.4. The number of rotatable bonds is 5. The van der Waals surface area contributed by atoms with E-state index in [1.807, 2.05) is 18.2 Å². The quantitative estimate of drug-likeness (QED) is 0.913. The largest absolute Gasteiger partial charge is 0.497 e. The van der Waals surface area contributed by atoms with Gasteiger partial charge in [-0.05, 0) is 54.7 Å². The predicted octanol–water partition coefficient (Wildman–Crippen LogP) is 3.56. The number of ether oxygens (including phenoxy) is 2. The Morgan fingerprint density at radius 2 is 1.48 bits per heavy atom. The molecule has 21 heavy (non-hydrogen) atoms. The topological polar surface area (TPSA) is 44.5 Å². The van der Waals surface area contributed by atoms with Crippen LogP contribution in [0.2, 0.25) is 0 Å². The van der Waals surface area contributed by atoms with Crippen molar-refractivity contribution in [3.05, 3.63) is 58.7 Å². The molecule has 2 aromatic rings. The summed E-state index contributed by atoms with van der Waals surface area (Å²) < 4.78 is 10.6. The summed E-state index contributed by atoms with van der Waals surface area (Å²) in [5.74, 6) is 1.53. The first-order chi connectivity index (χ1) is 10.0. The van der Waals surface area contributed by atoms with Crippen molar-refractivity contribution in [3.63, 3.8) is 0 Å². The van der Waals surface area contributed by atoms with Gasteiger partial charge in [0.1, 0.15) is 11.5 Å². The third-order valence-corrected chi connectivity index (χ3v) is 3.87. The van der Waals surface area contributed by atoms with E-state index in [-0.39, 0.29) is 6.04 Å². The second kappa shape index (κ2) is 6.64. The highest BCUT2D eigenvalue weighted by molar-refractivity contribution is 5.41. The second-order valence-corrected chi connectivity index (χ2v) is 5.33. The van der Waals surface area contributed by atoms with Gasteiger partial charge in [0, 0.05) is 12.1 Å². The highest BCUT2D eigenvalue weighted by atomic mass is 16.5. The number of hydrogen-bond donors (Lipinski definition) is 1. The first-order valence-corrected chi connectivity index (χ1v) is 7.08. The highest BCUT2D eigenvalue weighted by Gasteiger charge is 2.13. The van der Waals surface area contributed by atoms with Crippen molar-refractivity contribution >= 4 is 0 Å². The number of nitrogens with two attached hydrogens (primary N) is 1. The van der Waals surface area contributed by atoms with Crippen LogP contribution in [0.1, 0.15) is 28.3 Å². The molecule has 0 saturated heterocycles. The standard InChI is InChI=1S/C18H23NO2/c1-12-6-5-7-13(2)17(12)11-18(19)14-8-15(20-3)10-16(9-14)21-4/h5-10,18H,11,19H2,1-4H3. The third-order valence-electron chi connectivity index (χ3n) is 3.87. The summed E-state index contributed by atoms with van der Waals surface area (Å²) in [5, 5.41) is 0. The van der Waals surface area contributed by atoms with Gasteiger partial charge in [-0.25, -0.2) is 0 Å². The molecule has 2 N–H and O–H groups in total. The molecular weight excluding hydrogens is 262 g/mol. The molecule has 1 unspecified atom stereocenters. The van der Waals surface area contributed by atoms with Gasteiger partial charge >= 0.3 is 0 Å². The molecule has 0 aliphatic carbocycles. The molecule has 0 bridgehead atoms. The van der Waals surface area contributed by atoms with Gasteiger partial charge in [-0.2, -0.15) is 0 Å². The van der Waals surface area contributed by atoms with Gasteiger partial charge in [0.2, 0.25) is 0 Å². The van der Waals surface area contributed by atoms with Crippen LogP contribution in [-0.2, 0) is 6.42 Å². The lowest BCUT2D eigenvalue weighted by Gasteiger charge is -2.17. The van der Waals surface area contributed by atoms with Crippen molar-refractivity contribution in [3.8, 4) is 11.5 Å². The summed E-state index contributed by atoms with van der Waals surface area (Å²) >= 11 is 0. The van der Waals surface area contributed by atoms with Crippen LogP contribution in [0.25, 0.3) is 0 Å². The van der Waals surface area contributed by atoms with E-state index in [9.17, 15) is 0 Å². The van der Waals surface area contributed by atoms with Crippen LogP contribution in [0.4, 0.5) is 0 Å². The van der Waals surface area contributed by atoms with Crippen molar-refractivity contribution in [2.75, 3.05) is 14.2 Å². The van der Waals surface area contributed by atoms with E-state index < -0.39 is 0 Å². The van der Waals surface area contributed by atoms with Gasteiger partial charge in [0.05, 0.1) is 14.2 Å². The Kier molecular flexibility index (Phi) is 4.86. The van der Waals surface area contributed by atoms with Gasteiger partial charge < -0.3 is 15.2 Å². The van der Waals surface area contributed by atoms with Gasteiger partial charge in [-0.1, -0.05) is 18.2 Å². The third kappa shape index (κ3) is 3.56. The van der Waals surface area contributed by atoms with Gasteiger partial charge in [0.25, 0.3) is 0 Å². The molecule has 2 rings (SSSR count). The van der Waals surface area contributed by atoms with Crippen LogP contribution < -0.4 is 15.2 Å². The Bertz CT molecular complexity index is 580. The van der Waals surface area contributed by atoms with E-state index >= 15 is 0 Å². The molecule has 3 heteroatoms.